The summed E-state index contributed by atoms with van der Waals surface area (Å²) >= 11 is 9.69. The van der Waals surface area contributed by atoms with Crippen molar-refractivity contribution >= 4 is 27.5 Å². The molecule has 0 aliphatic carbocycles. The molecule has 0 fully saturated rings. The number of aryl methyl sites for hydroxylation is 1. The number of hydrogen-bond acceptors (Lipinski definition) is 3. The van der Waals surface area contributed by atoms with Crippen molar-refractivity contribution in [2.24, 2.45) is 5.73 Å². The Hall–Kier alpha value is -1.23. The molecule has 2 aromatic rings. The summed E-state index contributed by atoms with van der Waals surface area (Å²) in [4.78, 5) is 0. The number of hydrogen-bond donors (Lipinski definition) is 1. The number of rotatable bonds is 4. The Morgan fingerprint density at radius 3 is 2.24 bits per heavy atom. The second-order valence-electron chi connectivity index (χ2n) is 4.71. The average Bonchev–Trinajstić information content (AvgIpc) is 2.46. The average molecular weight is 371 g/mol. The first-order valence-corrected chi connectivity index (χ1v) is 7.58. The van der Waals surface area contributed by atoms with Crippen molar-refractivity contribution in [2.75, 3.05) is 14.2 Å². The highest BCUT2D eigenvalue weighted by Crippen LogP contribution is 2.36. The van der Waals surface area contributed by atoms with Crippen LogP contribution in [0.3, 0.4) is 0 Å². The van der Waals surface area contributed by atoms with E-state index in [2.05, 4.69) is 15.9 Å². The number of nitrogens with two attached hydrogens (primary N) is 1. The Morgan fingerprint density at radius 2 is 1.67 bits per heavy atom. The van der Waals surface area contributed by atoms with Gasteiger partial charge in [0.1, 0.15) is 0 Å². The normalized spacial score (nSPS) is 12.1. The highest BCUT2D eigenvalue weighted by atomic mass is 79.9. The Kier molecular flexibility index (Phi) is 5.14. The van der Waals surface area contributed by atoms with Crippen LogP contribution in [0.15, 0.2) is 34.8 Å². The van der Waals surface area contributed by atoms with Crippen molar-refractivity contribution in [3.05, 3.63) is 56.5 Å². The van der Waals surface area contributed by atoms with Gasteiger partial charge in [-0.25, -0.2) is 0 Å². The summed E-state index contributed by atoms with van der Waals surface area (Å²) < 4.78 is 11.6. The van der Waals surface area contributed by atoms with Crippen molar-refractivity contribution < 1.29 is 9.47 Å². The highest BCUT2D eigenvalue weighted by molar-refractivity contribution is 9.10. The zero-order valence-corrected chi connectivity index (χ0v) is 14.5. The molecule has 0 spiro atoms. The molecular formula is C16H17BrClNO2. The largest absolute Gasteiger partial charge is 0.493 e. The third-order valence-electron chi connectivity index (χ3n) is 3.40. The maximum Gasteiger partial charge on any atom is 0.161 e. The van der Waals surface area contributed by atoms with E-state index >= 15 is 0 Å². The molecular weight excluding hydrogens is 354 g/mol. The molecule has 0 saturated heterocycles. The second kappa shape index (κ2) is 6.69. The van der Waals surface area contributed by atoms with Crippen LogP contribution in [-0.2, 0) is 0 Å². The van der Waals surface area contributed by atoms with Crippen molar-refractivity contribution in [3.63, 3.8) is 0 Å². The molecule has 0 amide bonds. The third kappa shape index (κ3) is 3.34. The van der Waals surface area contributed by atoms with Crippen molar-refractivity contribution in [3.8, 4) is 11.5 Å². The van der Waals surface area contributed by atoms with Crippen LogP contribution in [0, 0.1) is 6.92 Å². The monoisotopic (exact) mass is 369 g/mol. The molecule has 3 nitrogen and oxygen atoms in total. The van der Waals surface area contributed by atoms with E-state index in [9.17, 15) is 0 Å². The SMILES string of the molecule is COc1cc(C)c(C(N)c2ccc(Br)cc2Cl)cc1OC. The van der Waals surface area contributed by atoms with Crippen LogP contribution in [0.25, 0.3) is 0 Å². The molecule has 5 heteroatoms. The van der Waals surface area contributed by atoms with E-state index in [0.717, 1.165) is 21.2 Å². The fourth-order valence-corrected chi connectivity index (χ4v) is 3.04. The van der Waals surface area contributed by atoms with Crippen LogP contribution in [0.5, 0.6) is 11.5 Å². The van der Waals surface area contributed by atoms with Crippen LogP contribution in [-0.4, -0.2) is 14.2 Å². The summed E-state index contributed by atoms with van der Waals surface area (Å²) in [6, 6.07) is 9.18. The topological polar surface area (TPSA) is 44.5 Å². The van der Waals surface area contributed by atoms with E-state index in [1.165, 1.54) is 0 Å². The molecule has 2 N–H and O–H groups in total. The number of ether oxygens (including phenoxy) is 2. The van der Waals surface area contributed by atoms with Gasteiger partial charge in [0.05, 0.1) is 20.3 Å². The quantitative estimate of drug-likeness (QED) is 0.863. The molecule has 2 aromatic carbocycles. The van der Waals surface area contributed by atoms with Crippen molar-refractivity contribution in [1.29, 1.82) is 0 Å². The zero-order chi connectivity index (χ0) is 15.6. The minimum Gasteiger partial charge on any atom is -0.493 e. The highest BCUT2D eigenvalue weighted by Gasteiger charge is 2.18. The lowest BCUT2D eigenvalue weighted by Gasteiger charge is -2.19. The molecule has 0 aromatic heterocycles. The predicted molar refractivity (Wildman–Crippen MR) is 89.5 cm³/mol. The van der Waals surface area contributed by atoms with Gasteiger partial charge in [0, 0.05) is 9.50 Å². The van der Waals surface area contributed by atoms with Gasteiger partial charge in [-0.2, -0.15) is 0 Å². The fourth-order valence-electron chi connectivity index (χ4n) is 2.25. The lowest BCUT2D eigenvalue weighted by molar-refractivity contribution is 0.354. The summed E-state index contributed by atoms with van der Waals surface area (Å²) in [5, 5.41) is 0.631. The van der Waals surface area contributed by atoms with Crippen molar-refractivity contribution in [1.82, 2.24) is 0 Å². The maximum absolute atomic E-state index is 6.39. The van der Waals surface area contributed by atoms with Crippen LogP contribution in [0.2, 0.25) is 5.02 Å². The van der Waals surface area contributed by atoms with Crippen LogP contribution in [0.4, 0.5) is 0 Å². The third-order valence-corrected chi connectivity index (χ3v) is 4.23. The molecule has 2 rings (SSSR count). The molecule has 0 saturated carbocycles. The fraction of sp³-hybridized carbons (Fsp3) is 0.250. The van der Waals surface area contributed by atoms with Crippen molar-refractivity contribution in [2.45, 2.75) is 13.0 Å². The van der Waals surface area contributed by atoms with Crippen LogP contribution >= 0.6 is 27.5 Å². The van der Waals surface area contributed by atoms with Gasteiger partial charge in [0.15, 0.2) is 11.5 Å². The number of methoxy groups -OCH3 is 2. The lowest BCUT2D eigenvalue weighted by atomic mass is 9.95. The van der Waals surface area contributed by atoms with Gasteiger partial charge < -0.3 is 15.2 Å². The molecule has 21 heavy (non-hydrogen) atoms. The first-order chi connectivity index (χ1) is 9.97. The van der Waals surface area contributed by atoms with Gasteiger partial charge in [-0.05, 0) is 47.9 Å². The number of halogens is 2. The molecule has 0 radical (unpaired) electrons. The van der Waals surface area contributed by atoms with Gasteiger partial charge in [0.2, 0.25) is 0 Å². The van der Waals surface area contributed by atoms with Crippen LogP contribution < -0.4 is 15.2 Å². The van der Waals surface area contributed by atoms with E-state index in [1.54, 1.807) is 14.2 Å². The van der Waals surface area contributed by atoms with E-state index < -0.39 is 0 Å². The first kappa shape index (κ1) is 16.1. The minimum atomic E-state index is -0.328. The van der Waals surface area contributed by atoms with Crippen LogP contribution in [0.1, 0.15) is 22.7 Å². The summed E-state index contributed by atoms with van der Waals surface area (Å²) in [6.45, 7) is 1.99. The lowest BCUT2D eigenvalue weighted by Crippen LogP contribution is -2.14. The Morgan fingerprint density at radius 1 is 1.05 bits per heavy atom. The first-order valence-electron chi connectivity index (χ1n) is 6.41. The van der Waals surface area contributed by atoms with Gasteiger partial charge >= 0.3 is 0 Å². The molecule has 0 aliphatic heterocycles. The van der Waals surface area contributed by atoms with Gasteiger partial charge in [0.25, 0.3) is 0 Å². The standard InChI is InChI=1S/C16H17BrClNO2/c1-9-6-14(20-2)15(21-3)8-12(9)16(19)11-5-4-10(17)7-13(11)18/h4-8,16H,19H2,1-3H3. The predicted octanol–water partition coefficient (Wildman–Crippen LogP) is 4.48. The Bertz CT molecular complexity index is 661. The van der Waals surface area contributed by atoms with Gasteiger partial charge in [-0.15, -0.1) is 0 Å². The van der Waals surface area contributed by atoms with E-state index in [0.29, 0.717) is 16.5 Å². The maximum atomic E-state index is 6.39. The summed E-state index contributed by atoms with van der Waals surface area (Å²) in [7, 11) is 3.22. The summed E-state index contributed by atoms with van der Waals surface area (Å²) in [6.07, 6.45) is 0. The van der Waals surface area contributed by atoms with E-state index in [1.807, 2.05) is 37.3 Å². The van der Waals surface area contributed by atoms with Gasteiger partial charge in [-0.3, -0.25) is 0 Å². The van der Waals surface area contributed by atoms with E-state index in [-0.39, 0.29) is 6.04 Å². The smallest absolute Gasteiger partial charge is 0.161 e. The summed E-state index contributed by atoms with van der Waals surface area (Å²) in [5.74, 6) is 1.34. The van der Waals surface area contributed by atoms with E-state index in [4.69, 9.17) is 26.8 Å². The molecule has 112 valence electrons. The second-order valence-corrected chi connectivity index (χ2v) is 6.03. The molecule has 1 atom stereocenters. The number of benzene rings is 2. The Labute approximate surface area is 138 Å². The Balaban J connectivity index is 2.50. The molecule has 0 aliphatic rings. The molecule has 0 heterocycles. The molecule has 1 unspecified atom stereocenters. The summed E-state index contributed by atoms with van der Waals surface area (Å²) in [5.41, 5.74) is 9.24. The zero-order valence-electron chi connectivity index (χ0n) is 12.1. The van der Waals surface area contributed by atoms with Gasteiger partial charge in [-0.1, -0.05) is 33.6 Å². The minimum absolute atomic E-state index is 0.328. The molecule has 0 bridgehead atoms.